The normalized spacial score (nSPS) is 16.1. The zero-order valence-corrected chi connectivity index (χ0v) is 11.4. The van der Waals surface area contributed by atoms with Gasteiger partial charge in [0.2, 0.25) is 0 Å². The highest BCUT2D eigenvalue weighted by Gasteiger charge is 2.40. The van der Waals surface area contributed by atoms with Crippen LogP contribution < -0.4 is 10.5 Å². The molecule has 0 atom stereocenters. The average molecular weight is 274 g/mol. The summed E-state index contributed by atoms with van der Waals surface area (Å²) >= 11 is 6.25. The second kappa shape index (κ2) is 4.87. The number of hydrogen-bond donors (Lipinski definition) is 1. The molecule has 3 heteroatoms. The van der Waals surface area contributed by atoms with Crippen LogP contribution in [0.2, 0.25) is 5.02 Å². The Bertz CT molecular complexity index is 579. The third-order valence-electron chi connectivity index (χ3n) is 3.53. The number of rotatable bonds is 4. The van der Waals surface area contributed by atoms with Crippen LogP contribution in [0.1, 0.15) is 24.0 Å². The van der Waals surface area contributed by atoms with Crippen LogP contribution in [0.4, 0.5) is 0 Å². The maximum atomic E-state index is 6.25. The Labute approximate surface area is 118 Å². The molecule has 1 saturated carbocycles. The maximum Gasteiger partial charge on any atom is 0.138 e. The Hall–Kier alpha value is -1.51. The van der Waals surface area contributed by atoms with E-state index in [4.69, 9.17) is 22.1 Å². The van der Waals surface area contributed by atoms with Gasteiger partial charge in [-0.25, -0.2) is 0 Å². The van der Waals surface area contributed by atoms with Crippen molar-refractivity contribution in [3.05, 3.63) is 64.7 Å². The second-order valence-corrected chi connectivity index (χ2v) is 5.48. The van der Waals surface area contributed by atoms with Crippen LogP contribution in [0.5, 0.6) is 5.75 Å². The molecule has 2 N–H and O–H groups in total. The Kier molecular flexibility index (Phi) is 3.21. The van der Waals surface area contributed by atoms with E-state index in [9.17, 15) is 0 Å². The van der Waals surface area contributed by atoms with Gasteiger partial charge in [-0.1, -0.05) is 48.0 Å². The van der Waals surface area contributed by atoms with Gasteiger partial charge >= 0.3 is 0 Å². The zero-order chi connectivity index (χ0) is 13.3. The van der Waals surface area contributed by atoms with E-state index in [1.165, 1.54) is 0 Å². The fourth-order valence-corrected chi connectivity index (χ4v) is 2.32. The van der Waals surface area contributed by atoms with Crippen molar-refractivity contribution in [2.24, 2.45) is 5.73 Å². The third kappa shape index (κ3) is 2.75. The van der Waals surface area contributed by atoms with E-state index >= 15 is 0 Å². The van der Waals surface area contributed by atoms with E-state index in [1.54, 1.807) is 0 Å². The molecule has 2 aromatic carbocycles. The van der Waals surface area contributed by atoms with Crippen LogP contribution in [0.3, 0.4) is 0 Å². The van der Waals surface area contributed by atoms with Crippen LogP contribution in [-0.2, 0) is 12.1 Å². The summed E-state index contributed by atoms with van der Waals surface area (Å²) in [6, 6.07) is 15.9. The lowest BCUT2D eigenvalue weighted by molar-refractivity contribution is 0.306. The quantitative estimate of drug-likeness (QED) is 0.918. The van der Waals surface area contributed by atoms with Gasteiger partial charge in [0.25, 0.3) is 0 Å². The first-order valence-corrected chi connectivity index (χ1v) is 6.81. The topological polar surface area (TPSA) is 35.2 Å². The van der Waals surface area contributed by atoms with Gasteiger partial charge in [0.15, 0.2) is 0 Å². The van der Waals surface area contributed by atoms with Crippen LogP contribution in [-0.4, -0.2) is 0 Å². The number of nitrogens with two attached hydrogens (primary N) is 1. The Morgan fingerprint density at radius 1 is 1.11 bits per heavy atom. The van der Waals surface area contributed by atoms with Gasteiger partial charge in [-0.15, -0.1) is 0 Å². The molecular weight excluding hydrogens is 258 g/mol. The van der Waals surface area contributed by atoms with Crippen molar-refractivity contribution in [3.63, 3.8) is 0 Å². The minimum atomic E-state index is -0.151. The Morgan fingerprint density at radius 3 is 2.47 bits per heavy atom. The lowest BCUT2D eigenvalue weighted by Gasteiger charge is -2.13. The van der Waals surface area contributed by atoms with Gasteiger partial charge in [-0.2, -0.15) is 0 Å². The second-order valence-electron chi connectivity index (χ2n) is 5.08. The first-order valence-electron chi connectivity index (χ1n) is 6.43. The summed E-state index contributed by atoms with van der Waals surface area (Å²) in [7, 11) is 0. The highest BCUT2D eigenvalue weighted by atomic mass is 35.5. The molecule has 1 aliphatic carbocycles. The van der Waals surface area contributed by atoms with Gasteiger partial charge in [0.05, 0.1) is 5.02 Å². The molecule has 1 aliphatic rings. The molecule has 0 radical (unpaired) electrons. The van der Waals surface area contributed by atoms with Gasteiger partial charge < -0.3 is 10.5 Å². The lowest BCUT2D eigenvalue weighted by atomic mass is 10.1. The van der Waals surface area contributed by atoms with Crippen LogP contribution in [0.15, 0.2) is 48.5 Å². The highest BCUT2D eigenvalue weighted by molar-refractivity contribution is 6.32. The first-order chi connectivity index (χ1) is 9.17. The number of benzene rings is 2. The van der Waals surface area contributed by atoms with E-state index in [0.29, 0.717) is 17.4 Å². The van der Waals surface area contributed by atoms with Crippen molar-refractivity contribution < 1.29 is 4.74 Å². The SMILES string of the molecule is NC1(c2ccc(OCc3ccccc3)c(Cl)c2)CC1. The van der Waals surface area contributed by atoms with Crippen molar-refractivity contribution in [1.82, 2.24) is 0 Å². The fraction of sp³-hybridized carbons (Fsp3) is 0.250. The molecular formula is C16H16ClNO. The summed E-state index contributed by atoms with van der Waals surface area (Å²) in [5.41, 5.74) is 8.23. The number of hydrogen-bond acceptors (Lipinski definition) is 2. The molecule has 1 fully saturated rings. The molecule has 0 aliphatic heterocycles. The predicted molar refractivity (Wildman–Crippen MR) is 77.3 cm³/mol. The standard InChI is InChI=1S/C16H16ClNO/c17-14-10-13(16(18)8-9-16)6-7-15(14)19-11-12-4-2-1-3-5-12/h1-7,10H,8-9,11,18H2. The highest BCUT2D eigenvalue weighted by Crippen LogP contribution is 2.44. The molecule has 3 rings (SSSR count). The number of halogens is 1. The molecule has 0 bridgehead atoms. The zero-order valence-electron chi connectivity index (χ0n) is 10.6. The molecule has 0 saturated heterocycles. The summed E-state index contributed by atoms with van der Waals surface area (Å²) in [5.74, 6) is 0.707. The average Bonchev–Trinajstić information content (AvgIpc) is 3.18. The Morgan fingerprint density at radius 2 is 1.84 bits per heavy atom. The minimum absolute atomic E-state index is 0.151. The summed E-state index contributed by atoms with van der Waals surface area (Å²) in [6.45, 7) is 0.522. The van der Waals surface area contributed by atoms with Gasteiger partial charge in [-0.3, -0.25) is 0 Å². The molecule has 98 valence electrons. The van der Waals surface area contributed by atoms with Crippen molar-refractivity contribution in [1.29, 1.82) is 0 Å². The van der Waals surface area contributed by atoms with Crippen molar-refractivity contribution >= 4 is 11.6 Å². The van der Waals surface area contributed by atoms with Crippen LogP contribution in [0, 0.1) is 0 Å². The summed E-state index contributed by atoms with van der Waals surface area (Å²) in [6.07, 6.45) is 2.07. The smallest absolute Gasteiger partial charge is 0.138 e. The van der Waals surface area contributed by atoms with Crippen LogP contribution >= 0.6 is 11.6 Å². The summed E-state index contributed by atoms with van der Waals surface area (Å²) < 4.78 is 5.74. The van der Waals surface area contributed by atoms with E-state index in [-0.39, 0.29) is 5.54 Å². The Balaban J connectivity index is 1.71. The maximum absolute atomic E-state index is 6.25. The van der Waals surface area contributed by atoms with Crippen molar-refractivity contribution in [2.45, 2.75) is 25.0 Å². The largest absolute Gasteiger partial charge is 0.487 e. The molecule has 0 spiro atoms. The van der Waals surface area contributed by atoms with E-state index in [1.807, 2.05) is 48.5 Å². The van der Waals surface area contributed by atoms with Crippen LogP contribution in [0.25, 0.3) is 0 Å². The molecule has 0 unspecified atom stereocenters. The molecule has 19 heavy (non-hydrogen) atoms. The molecule has 0 heterocycles. The minimum Gasteiger partial charge on any atom is -0.487 e. The molecule has 2 nitrogen and oxygen atoms in total. The van der Waals surface area contributed by atoms with E-state index in [0.717, 1.165) is 24.0 Å². The van der Waals surface area contributed by atoms with Crippen molar-refractivity contribution in [2.75, 3.05) is 0 Å². The molecule has 0 aromatic heterocycles. The van der Waals surface area contributed by atoms with Gasteiger partial charge in [0.1, 0.15) is 12.4 Å². The van der Waals surface area contributed by atoms with Gasteiger partial charge in [-0.05, 0) is 36.1 Å². The fourth-order valence-electron chi connectivity index (χ4n) is 2.09. The monoisotopic (exact) mass is 273 g/mol. The predicted octanol–water partition coefficient (Wildman–Crippen LogP) is 3.87. The first kappa shape index (κ1) is 12.5. The lowest BCUT2D eigenvalue weighted by Crippen LogP contribution is -2.18. The molecule has 0 amide bonds. The summed E-state index contributed by atoms with van der Waals surface area (Å²) in [5, 5.41) is 0.630. The molecule has 2 aromatic rings. The van der Waals surface area contributed by atoms with E-state index in [2.05, 4.69) is 0 Å². The number of ether oxygens (including phenoxy) is 1. The van der Waals surface area contributed by atoms with E-state index < -0.39 is 0 Å². The third-order valence-corrected chi connectivity index (χ3v) is 3.83. The van der Waals surface area contributed by atoms with Gasteiger partial charge in [0, 0.05) is 5.54 Å². The van der Waals surface area contributed by atoms with Crippen molar-refractivity contribution in [3.8, 4) is 5.75 Å². The summed E-state index contributed by atoms with van der Waals surface area (Å²) in [4.78, 5) is 0.